The number of benzene rings is 1. The Bertz CT molecular complexity index is 292. The molecule has 1 aliphatic rings. The van der Waals surface area contributed by atoms with Gasteiger partial charge in [0.15, 0.2) is 0 Å². The van der Waals surface area contributed by atoms with Crippen molar-refractivity contribution < 1.29 is 0 Å². The van der Waals surface area contributed by atoms with Crippen molar-refractivity contribution in [1.29, 1.82) is 0 Å². The Morgan fingerprint density at radius 2 is 2.00 bits per heavy atom. The second-order valence-corrected chi connectivity index (χ2v) is 3.27. The molecule has 0 heterocycles. The maximum Gasteiger partial charge on any atom is 0.0596 e. The highest BCUT2D eigenvalue weighted by Crippen LogP contribution is 2.29. The molecule has 1 aromatic carbocycles. The standard InChI is InChI=1S/C9H13N3/c10-6-1-4-8(11)9(5-6)12-7-2-3-7/h1,4-5,7,12H,2-3,10-11H2. The van der Waals surface area contributed by atoms with Crippen LogP contribution in [-0.2, 0) is 0 Å². The minimum Gasteiger partial charge on any atom is -0.399 e. The van der Waals surface area contributed by atoms with E-state index in [1.165, 1.54) is 12.8 Å². The minimum absolute atomic E-state index is 0.620. The molecule has 2 rings (SSSR count). The summed E-state index contributed by atoms with van der Waals surface area (Å²) in [5.41, 5.74) is 13.9. The van der Waals surface area contributed by atoms with Crippen molar-refractivity contribution in [3.63, 3.8) is 0 Å². The molecule has 0 amide bonds. The summed E-state index contributed by atoms with van der Waals surface area (Å²) < 4.78 is 0. The van der Waals surface area contributed by atoms with Gasteiger partial charge in [-0.1, -0.05) is 0 Å². The summed E-state index contributed by atoms with van der Waals surface area (Å²) in [6.45, 7) is 0. The van der Waals surface area contributed by atoms with Crippen LogP contribution in [0.1, 0.15) is 12.8 Å². The fraction of sp³-hybridized carbons (Fsp3) is 0.333. The zero-order chi connectivity index (χ0) is 8.55. The number of rotatable bonds is 2. The summed E-state index contributed by atoms with van der Waals surface area (Å²) in [7, 11) is 0. The van der Waals surface area contributed by atoms with Crippen molar-refractivity contribution in [1.82, 2.24) is 0 Å². The van der Waals surface area contributed by atoms with Crippen LogP contribution in [0.15, 0.2) is 18.2 Å². The van der Waals surface area contributed by atoms with Gasteiger partial charge in [0.1, 0.15) is 0 Å². The van der Waals surface area contributed by atoms with Gasteiger partial charge in [-0.05, 0) is 31.0 Å². The fourth-order valence-electron chi connectivity index (χ4n) is 1.15. The highest BCUT2D eigenvalue weighted by Gasteiger charge is 2.21. The van der Waals surface area contributed by atoms with Gasteiger partial charge < -0.3 is 16.8 Å². The van der Waals surface area contributed by atoms with Crippen LogP contribution in [0.5, 0.6) is 0 Å². The maximum atomic E-state index is 5.75. The number of nitrogens with two attached hydrogens (primary N) is 2. The van der Waals surface area contributed by atoms with Gasteiger partial charge in [-0.15, -0.1) is 0 Å². The second kappa shape index (κ2) is 2.59. The molecule has 0 aliphatic heterocycles. The molecule has 1 aliphatic carbocycles. The van der Waals surface area contributed by atoms with E-state index in [1.807, 2.05) is 18.2 Å². The van der Waals surface area contributed by atoms with Crippen LogP contribution in [0.4, 0.5) is 17.1 Å². The molecule has 0 spiro atoms. The first-order valence-corrected chi connectivity index (χ1v) is 4.17. The molecule has 1 saturated carbocycles. The van der Waals surface area contributed by atoms with Crippen LogP contribution >= 0.6 is 0 Å². The smallest absolute Gasteiger partial charge is 0.0596 e. The minimum atomic E-state index is 0.620. The Hall–Kier alpha value is -1.38. The number of nitrogen functional groups attached to an aromatic ring is 2. The third-order valence-corrected chi connectivity index (χ3v) is 2.01. The van der Waals surface area contributed by atoms with E-state index in [2.05, 4.69) is 5.32 Å². The van der Waals surface area contributed by atoms with Crippen molar-refractivity contribution >= 4 is 17.1 Å². The van der Waals surface area contributed by atoms with E-state index in [0.29, 0.717) is 6.04 Å². The Morgan fingerprint density at radius 1 is 1.25 bits per heavy atom. The van der Waals surface area contributed by atoms with Crippen molar-refractivity contribution in [3.8, 4) is 0 Å². The van der Waals surface area contributed by atoms with Crippen LogP contribution in [-0.4, -0.2) is 6.04 Å². The molecule has 0 aromatic heterocycles. The third-order valence-electron chi connectivity index (χ3n) is 2.01. The van der Waals surface area contributed by atoms with Gasteiger partial charge in [0, 0.05) is 11.7 Å². The molecule has 0 bridgehead atoms. The summed E-state index contributed by atoms with van der Waals surface area (Å²) >= 11 is 0. The molecular weight excluding hydrogens is 150 g/mol. The number of anilines is 3. The Balaban J connectivity index is 2.21. The van der Waals surface area contributed by atoms with E-state index in [9.17, 15) is 0 Å². The van der Waals surface area contributed by atoms with E-state index >= 15 is 0 Å². The molecule has 3 nitrogen and oxygen atoms in total. The maximum absolute atomic E-state index is 5.75. The molecule has 0 atom stereocenters. The van der Waals surface area contributed by atoms with Gasteiger partial charge in [-0.25, -0.2) is 0 Å². The van der Waals surface area contributed by atoms with Gasteiger partial charge in [0.2, 0.25) is 0 Å². The lowest BCUT2D eigenvalue weighted by Crippen LogP contribution is -2.04. The highest BCUT2D eigenvalue weighted by atomic mass is 15.0. The predicted octanol–water partition coefficient (Wildman–Crippen LogP) is 1.43. The summed E-state index contributed by atoms with van der Waals surface area (Å²) in [4.78, 5) is 0. The second-order valence-electron chi connectivity index (χ2n) is 3.27. The van der Waals surface area contributed by atoms with Crippen LogP contribution in [0.25, 0.3) is 0 Å². The van der Waals surface area contributed by atoms with Crippen molar-refractivity contribution in [2.75, 3.05) is 16.8 Å². The van der Waals surface area contributed by atoms with Crippen LogP contribution in [0.3, 0.4) is 0 Å². The third kappa shape index (κ3) is 1.44. The Labute approximate surface area is 71.8 Å². The van der Waals surface area contributed by atoms with Crippen molar-refractivity contribution in [2.24, 2.45) is 0 Å². The molecular formula is C9H13N3. The summed E-state index contributed by atoms with van der Waals surface area (Å²) in [6, 6.07) is 6.15. The van der Waals surface area contributed by atoms with Crippen LogP contribution in [0.2, 0.25) is 0 Å². The van der Waals surface area contributed by atoms with Gasteiger partial charge in [-0.2, -0.15) is 0 Å². The van der Waals surface area contributed by atoms with Crippen LogP contribution < -0.4 is 16.8 Å². The summed E-state index contributed by atoms with van der Waals surface area (Å²) in [5, 5.41) is 3.32. The number of nitrogens with one attached hydrogen (secondary N) is 1. The zero-order valence-corrected chi connectivity index (χ0v) is 6.88. The SMILES string of the molecule is Nc1ccc(N)c(NC2CC2)c1. The number of hydrogen-bond acceptors (Lipinski definition) is 3. The molecule has 0 unspecified atom stereocenters. The van der Waals surface area contributed by atoms with Crippen molar-refractivity contribution in [3.05, 3.63) is 18.2 Å². The van der Waals surface area contributed by atoms with Gasteiger partial charge in [-0.3, -0.25) is 0 Å². The van der Waals surface area contributed by atoms with E-state index in [1.54, 1.807) is 0 Å². The summed E-state index contributed by atoms with van der Waals surface area (Å²) in [6.07, 6.45) is 2.49. The van der Waals surface area contributed by atoms with Crippen LogP contribution in [0, 0.1) is 0 Å². The lowest BCUT2D eigenvalue weighted by atomic mass is 10.2. The van der Waals surface area contributed by atoms with E-state index < -0.39 is 0 Å². The topological polar surface area (TPSA) is 64.1 Å². The molecule has 3 heteroatoms. The average Bonchev–Trinajstić information content (AvgIpc) is 2.81. The molecule has 1 fully saturated rings. The van der Waals surface area contributed by atoms with Crippen molar-refractivity contribution in [2.45, 2.75) is 18.9 Å². The first kappa shape index (κ1) is 7.28. The molecule has 0 saturated heterocycles. The lowest BCUT2D eigenvalue weighted by molar-refractivity contribution is 1.16. The van der Waals surface area contributed by atoms with E-state index in [-0.39, 0.29) is 0 Å². The average molecular weight is 163 g/mol. The summed E-state index contributed by atoms with van der Waals surface area (Å²) in [5.74, 6) is 0. The number of hydrogen-bond donors (Lipinski definition) is 3. The molecule has 1 aromatic rings. The Morgan fingerprint density at radius 3 is 2.67 bits per heavy atom. The molecule has 64 valence electrons. The first-order chi connectivity index (χ1) is 5.75. The zero-order valence-electron chi connectivity index (χ0n) is 6.88. The Kier molecular flexibility index (Phi) is 1.57. The van der Waals surface area contributed by atoms with E-state index in [4.69, 9.17) is 11.5 Å². The lowest BCUT2D eigenvalue weighted by Gasteiger charge is -2.08. The first-order valence-electron chi connectivity index (χ1n) is 4.17. The molecule has 5 N–H and O–H groups in total. The van der Waals surface area contributed by atoms with Gasteiger partial charge in [0.05, 0.1) is 11.4 Å². The monoisotopic (exact) mass is 163 g/mol. The molecule has 0 radical (unpaired) electrons. The fourth-order valence-corrected chi connectivity index (χ4v) is 1.15. The van der Waals surface area contributed by atoms with Gasteiger partial charge in [0.25, 0.3) is 0 Å². The van der Waals surface area contributed by atoms with Gasteiger partial charge >= 0.3 is 0 Å². The quantitative estimate of drug-likeness (QED) is 0.578. The predicted molar refractivity (Wildman–Crippen MR) is 51.9 cm³/mol. The highest BCUT2D eigenvalue weighted by molar-refractivity contribution is 5.71. The normalized spacial score (nSPS) is 16.0. The van der Waals surface area contributed by atoms with E-state index in [0.717, 1.165) is 17.1 Å². The molecule has 12 heavy (non-hydrogen) atoms. The largest absolute Gasteiger partial charge is 0.399 e.